The summed E-state index contributed by atoms with van der Waals surface area (Å²) in [5.74, 6) is -0.906. The number of hydrogen-bond donors (Lipinski definition) is 2. The van der Waals surface area contributed by atoms with E-state index in [2.05, 4.69) is 5.32 Å². The summed E-state index contributed by atoms with van der Waals surface area (Å²) in [6, 6.07) is 7.49. The van der Waals surface area contributed by atoms with Crippen molar-refractivity contribution in [3.63, 3.8) is 0 Å². The number of carbonyl (C=O) groups is 1. The Morgan fingerprint density at radius 1 is 1.25 bits per heavy atom. The molecule has 2 rings (SSSR count). The Labute approximate surface area is 94.1 Å². The van der Waals surface area contributed by atoms with Crippen LogP contribution in [0.2, 0.25) is 0 Å². The van der Waals surface area contributed by atoms with Crippen molar-refractivity contribution < 1.29 is 9.90 Å². The minimum absolute atomic E-state index is 0.728. The second kappa shape index (κ2) is 3.85. The molecule has 1 atom stereocenters. The first-order valence-corrected chi connectivity index (χ1v) is 5.08. The van der Waals surface area contributed by atoms with E-state index in [4.69, 9.17) is 0 Å². The highest BCUT2D eigenvalue weighted by Gasteiger charge is 2.37. The third kappa shape index (κ3) is 1.60. The van der Waals surface area contributed by atoms with Crippen LogP contribution in [0.1, 0.15) is 11.1 Å². The van der Waals surface area contributed by atoms with Gasteiger partial charge in [0.15, 0.2) is 5.54 Å². The summed E-state index contributed by atoms with van der Waals surface area (Å²) in [4.78, 5) is 11.4. The lowest BCUT2D eigenvalue weighted by molar-refractivity contribution is -0.142. The first-order valence-electron chi connectivity index (χ1n) is 5.08. The van der Waals surface area contributed by atoms with Crippen molar-refractivity contribution in [3.8, 4) is 0 Å². The predicted molar refractivity (Wildman–Crippen MR) is 61.9 cm³/mol. The highest BCUT2D eigenvalue weighted by molar-refractivity contribution is 5.84. The monoisotopic (exact) mass is 215 g/mol. The molecule has 2 N–H and O–H groups in total. The van der Waals surface area contributed by atoms with E-state index < -0.39 is 11.5 Å². The SMILES string of the molecule is Cc1ccc(C2(C(=O)O)C=CC=CN2)cc1. The minimum atomic E-state index is -1.14. The van der Waals surface area contributed by atoms with Gasteiger partial charge in [-0.1, -0.05) is 35.9 Å². The fourth-order valence-electron chi connectivity index (χ4n) is 1.74. The molecule has 1 aliphatic rings. The number of aryl methyl sites for hydroxylation is 1. The number of carboxylic acids is 1. The third-order valence-electron chi connectivity index (χ3n) is 2.71. The Bertz CT molecular complexity index is 459. The number of rotatable bonds is 2. The lowest BCUT2D eigenvalue weighted by atomic mass is 9.88. The molecule has 1 aromatic carbocycles. The highest BCUT2D eigenvalue weighted by atomic mass is 16.4. The van der Waals surface area contributed by atoms with Gasteiger partial charge in [-0.05, 0) is 30.8 Å². The molecule has 0 saturated carbocycles. The maximum absolute atomic E-state index is 11.4. The van der Waals surface area contributed by atoms with Gasteiger partial charge in [0.1, 0.15) is 0 Å². The van der Waals surface area contributed by atoms with Crippen molar-refractivity contribution >= 4 is 5.97 Å². The van der Waals surface area contributed by atoms with E-state index in [9.17, 15) is 9.90 Å². The molecule has 16 heavy (non-hydrogen) atoms. The number of allylic oxidation sites excluding steroid dienone is 2. The Kier molecular flexibility index (Phi) is 2.52. The van der Waals surface area contributed by atoms with E-state index in [1.54, 1.807) is 24.4 Å². The van der Waals surface area contributed by atoms with Crippen LogP contribution in [0.15, 0.2) is 48.7 Å². The number of aliphatic carboxylic acids is 1. The molecule has 0 fully saturated rings. The van der Waals surface area contributed by atoms with E-state index in [-0.39, 0.29) is 0 Å². The van der Waals surface area contributed by atoms with Crippen LogP contribution in [0, 0.1) is 6.92 Å². The van der Waals surface area contributed by atoms with Crippen LogP contribution in [0.3, 0.4) is 0 Å². The second-order valence-corrected chi connectivity index (χ2v) is 3.84. The van der Waals surface area contributed by atoms with Crippen molar-refractivity contribution in [1.29, 1.82) is 0 Å². The van der Waals surface area contributed by atoms with Crippen molar-refractivity contribution in [2.24, 2.45) is 0 Å². The van der Waals surface area contributed by atoms with E-state index in [0.29, 0.717) is 0 Å². The van der Waals surface area contributed by atoms with Crippen LogP contribution in [0.25, 0.3) is 0 Å². The van der Waals surface area contributed by atoms with E-state index in [1.165, 1.54) is 0 Å². The van der Waals surface area contributed by atoms with Gasteiger partial charge in [-0.2, -0.15) is 0 Å². The molecule has 0 amide bonds. The van der Waals surface area contributed by atoms with Gasteiger partial charge in [0.25, 0.3) is 0 Å². The zero-order valence-electron chi connectivity index (χ0n) is 8.97. The Hall–Kier alpha value is -2.03. The maximum atomic E-state index is 11.4. The second-order valence-electron chi connectivity index (χ2n) is 3.84. The van der Waals surface area contributed by atoms with Gasteiger partial charge < -0.3 is 10.4 Å². The first kappa shape index (κ1) is 10.5. The summed E-state index contributed by atoms with van der Waals surface area (Å²) in [6.07, 6.45) is 6.81. The van der Waals surface area contributed by atoms with Crippen molar-refractivity contribution in [2.45, 2.75) is 12.5 Å². The molecule has 82 valence electrons. The Balaban J connectivity index is 2.48. The summed E-state index contributed by atoms with van der Waals surface area (Å²) in [7, 11) is 0. The molecule has 0 aromatic heterocycles. The maximum Gasteiger partial charge on any atom is 0.338 e. The largest absolute Gasteiger partial charge is 0.479 e. The van der Waals surface area contributed by atoms with Gasteiger partial charge in [-0.15, -0.1) is 0 Å². The number of nitrogens with one attached hydrogen (secondary N) is 1. The number of hydrogen-bond acceptors (Lipinski definition) is 2. The summed E-state index contributed by atoms with van der Waals surface area (Å²) in [6.45, 7) is 1.97. The van der Waals surface area contributed by atoms with Crippen LogP contribution in [-0.4, -0.2) is 11.1 Å². The summed E-state index contributed by atoms with van der Waals surface area (Å²) >= 11 is 0. The molecular formula is C13H13NO2. The minimum Gasteiger partial charge on any atom is -0.479 e. The standard InChI is InChI=1S/C13H13NO2/c1-10-4-6-11(7-5-10)13(12(15)16)8-2-3-9-14-13/h2-9,14H,1H3,(H,15,16). The van der Waals surface area contributed by atoms with Crippen LogP contribution >= 0.6 is 0 Å². The molecule has 0 spiro atoms. The summed E-state index contributed by atoms with van der Waals surface area (Å²) in [5, 5.41) is 12.3. The van der Waals surface area contributed by atoms with Crippen molar-refractivity contribution in [3.05, 3.63) is 59.8 Å². The topological polar surface area (TPSA) is 49.3 Å². The smallest absolute Gasteiger partial charge is 0.338 e. The van der Waals surface area contributed by atoms with Gasteiger partial charge in [0.2, 0.25) is 0 Å². The third-order valence-corrected chi connectivity index (χ3v) is 2.71. The fourth-order valence-corrected chi connectivity index (χ4v) is 1.74. The molecule has 0 aliphatic carbocycles. The molecule has 0 radical (unpaired) electrons. The van der Waals surface area contributed by atoms with E-state index >= 15 is 0 Å². The zero-order chi connectivity index (χ0) is 11.6. The molecule has 3 heteroatoms. The summed E-state index contributed by atoms with van der Waals surface area (Å²) in [5.41, 5.74) is 0.702. The zero-order valence-corrected chi connectivity index (χ0v) is 8.97. The first-order chi connectivity index (χ1) is 7.65. The Morgan fingerprint density at radius 2 is 1.94 bits per heavy atom. The highest BCUT2D eigenvalue weighted by Crippen LogP contribution is 2.25. The molecule has 0 bridgehead atoms. The molecule has 1 heterocycles. The normalized spacial score (nSPS) is 22.8. The molecule has 1 aromatic rings. The lowest BCUT2D eigenvalue weighted by Gasteiger charge is -2.28. The fraction of sp³-hybridized carbons (Fsp3) is 0.154. The van der Waals surface area contributed by atoms with E-state index in [0.717, 1.165) is 11.1 Å². The predicted octanol–water partition coefficient (Wildman–Crippen LogP) is 1.95. The number of dihydropyridines is 1. The van der Waals surface area contributed by atoms with Gasteiger partial charge in [-0.25, -0.2) is 4.79 Å². The molecule has 0 saturated heterocycles. The van der Waals surface area contributed by atoms with Gasteiger partial charge in [0.05, 0.1) is 0 Å². The number of carboxylic acid groups (broad SMARTS) is 1. The summed E-state index contributed by atoms with van der Waals surface area (Å²) < 4.78 is 0. The van der Waals surface area contributed by atoms with Crippen molar-refractivity contribution in [2.75, 3.05) is 0 Å². The average molecular weight is 215 g/mol. The van der Waals surface area contributed by atoms with Gasteiger partial charge in [0, 0.05) is 0 Å². The number of benzene rings is 1. The van der Waals surface area contributed by atoms with Gasteiger partial charge in [-0.3, -0.25) is 0 Å². The molecule has 3 nitrogen and oxygen atoms in total. The van der Waals surface area contributed by atoms with Crippen LogP contribution in [0.4, 0.5) is 0 Å². The van der Waals surface area contributed by atoms with Crippen LogP contribution in [-0.2, 0) is 10.3 Å². The lowest BCUT2D eigenvalue weighted by Crippen LogP contribution is -2.46. The Morgan fingerprint density at radius 3 is 2.44 bits per heavy atom. The average Bonchev–Trinajstić information content (AvgIpc) is 2.30. The van der Waals surface area contributed by atoms with Crippen LogP contribution < -0.4 is 5.32 Å². The molecule has 1 aliphatic heterocycles. The molecular weight excluding hydrogens is 202 g/mol. The van der Waals surface area contributed by atoms with Crippen LogP contribution in [0.5, 0.6) is 0 Å². The molecule has 1 unspecified atom stereocenters. The van der Waals surface area contributed by atoms with E-state index in [1.807, 2.05) is 31.2 Å². The van der Waals surface area contributed by atoms with Gasteiger partial charge >= 0.3 is 5.97 Å². The van der Waals surface area contributed by atoms with Crippen molar-refractivity contribution in [1.82, 2.24) is 5.32 Å². The quantitative estimate of drug-likeness (QED) is 0.792.